The van der Waals surface area contributed by atoms with Gasteiger partial charge < -0.3 is 5.11 Å². The van der Waals surface area contributed by atoms with Crippen LogP contribution in [0.1, 0.15) is 11.1 Å². The number of rotatable bonds is 3. The maximum absolute atomic E-state index is 13.8. The fraction of sp³-hybridized carbons (Fsp3) is 0.143. The summed E-state index contributed by atoms with van der Waals surface area (Å²) in [7, 11) is -4.04. The van der Waals surface area contributed by atoms with E-state index in [2.05, 4.69) is 20.7 Å². The van der Waals surface area contributed by atoms with Gasteiger partial charge in [0.1, 0.15) is 16.5 Å². The van der Waals surface area contributed by atoms with Crippen molar-refractivity contribution in [1.82, 2.24) is 0 Å². The smallest absolute Gasteiger partial charge is 0.264 e. The fourth-order valence-electron chi connectivity index (χ4n) is 1.80. The van der Waals surface area contributed by atoms with Crippen LogP contribution in [0.4, 0.5) is 10.1 Å². The number of aryl methyl sites for hydroxylation is 2. The van der Waals surface area contributed by atoms with Crippen molar-refractivity contribution in [2.75, 3.05) is 4.72 Å². The summed E-state index contributed by atoms with van der Waals surface area (Å²) in [6.07, 6.45) is 0. The average molecular weight is 374 g/mol. The number of anilines is 1. The summed E-state index contributed by atoms with van der Waals surface area (Å²) in [4.78, 5) is -0.434. The number of benzene rings is 2. The molecule has 0 radical (unpaired) electrons. The van der Waals surface area contributed by atoms with Crippen molar-refractivity contribution in [2.45, 2.75) is 18.7 Å². The third kappa shape index (κ3) is 3.36. The van der Waals surface area contributed by atoms with Gasteiger partial charge in [0.2, 0.25) is 0 Å². The molecule has 0 aliphatic carbocycles. The van der Waals surface area contributed by atoms with Crippen LogP contribution in [0, 0.1) is 19.7 Å². The third-order valence-electron chi connectivity index (χ3n) is 2.97. The summed E-state index contributed by atoms with van der Waals surface area (Å²) in [5, 5.41) is 9.57. The van der Waals surface area contributed by atoms with Crippen LogP contribution in [0.15, 0.2) is 39.7 Å². The molecular weight excluding hydrogens is 361 g/mol. The lowest BCUT2D eigenvalue weighted by molar-refractivity contribution is 0.471. The monoisotopic (exact) mass is 373 g/mol. The van der Waals surface area contributed by atoms with Gasteiger partial charge in [0.25, 0.3) is 10.0 Å². The van der Waals surface area contributed by atoms with Gasteiger partial charge in [0.15, 0.2) is 0 Å². The lowest BCUT2D eigenvalue weighted by Crippen LogP contribution is -2.15. The quantitative estimate of drug-likeness (QED) is 0.805. The Morgan fingerprint density at radius 1 is 1.14 bits per heavy atom. The molecule has 0 aliphatic rings. The molecule has 4 nitrogen and oxygen atoms in total. The second-order valence-electron chi connectivity index (χ2n) is 4.63. The molecule has 0 amide bonds. The molecule has 0 spiro atoms. The van der Waals surface area contributed by atoms with E-state index in [1.54, 1.807) is 13.8 Å². The maximum atomic E-state index is 13.8. The van der Waals surface area contributed by atoms with Crippen molar-refractivity contribution in [3.63, 3.8) is 0 Å². The van der Waals surface area contributed by atoms with E-state index in [1.165, 1.54) is 24.3 Å². The van der Waals surface area contributed by atoms with Gasteiger partial charge in [0.05, 0.1) is 5.69 Å². The van der Waals surface area contributed by atoms with Gasteiger partial charge in [-0.05, 0) is 55.3 Å². The number of sulfonamides is 1. The summed E-state index contributed by atoms with van der Waals surface area (Å²) >= 11 is 3.08. The van der Waals surface area contributed by atoms with Crippen LogP contribution in [0.5, 0.6) is 5.75 Å². The Hall–Kier alpha value is -1.60. The molecule has 2 aromatic carbocycles. The first-order valence-electron chi connectivity index (χ1n) is 5.99. The Morgan fingerprint density at radius 2 is 1.81 bits per heavy atom. The van der Waals surface area contributed by atoms with Crippen LogP contribution in [0.2, 0.25) is 0 Å². The first kappa shape index (κ1) is 15.8. The van der Waals surface area contributed by atoms with Crippen LogP contribution >= 0.6 is 15.9 Å². The highest BCUT2D eigenvalue weighted by atomic mass is 79.9. The summed E-state index contributed by atoms with van der Waals surface area (Å²) in [5.41, 5.74) is 1.36. The standard InChI is InChI=1S/C14H13BrFNO3S/c1-8-6-13(18)9(2)5-12(8)17-21(19,20)14-4-3-10(15)7-11(14)16/h3-7,17-18H,1-2H3. The Kier molecular flexibility index (Phi) is 4.25. The molecule has 112 valence electrons. The number of hydrogen-bond donors (Lipinski definition) is 2. The Balaban J connectivity index is 2.45. The van der Waals surface area contributed by atoms with E-state index in [0.29, 0.717) is 21.3 Å². The van der Waals surface area contributed by atoms with E-state index < -0.39 is 20.7 Å². The number of phenols is 1. The van der Waals surface area contributed by atoms with Crippen LogP contribution in [-0.2, 0) is 10.0 Å². The first-order valence-corrected chi connectivity index (χ1v) is 8.26. The fourth-order valence-corrected chi connectivity index (χ4v) is 3.32. The average Bonchev–Trinajstić information content (AvgIpc) is 2.35. The molecule has 7 heteroatoms. The molecule has 0 aliphatic heterocycles. The maximum Gasteiger partial charge on any atom is 0.264 e. The van der Waals surface area contributed by atoms with E-state index in [1.807, 2.05) is 0 Å². The lowest BCUT2D eigenvalue weighted by atomic mass is 10.1. The molecule has 0 saturated heterocycles. The predicted octanol–water partition coefficient (Wildman–Crippen LogP) is 3.71. The molecular formula is C14H13BrFNO3S. The van der Waals surface area contributed by atoms with E-state index >= 15 is 0 Å². The molecule has 0 fully saturated rings. The van der Waals surface area contributed by atoms with E-state index in [0.717, 1.165) is 6.07 Å². The zero-order valence-corrected chi connectivity index (χ0v) is 13.7. The van der Waals surface area contributed by atoms with E-state index in [9.17, 15) is 17.9 Å². The second kappa shape index (κ2) is 5.65. The summed E-state index contributed by atoms with van der Waals surface area (Å²) in [5.74, 6) is -0.768. The molecule has 21 heavy (non-hydrogen) atoms. The van der Waals surface area contributed by atoms with Crippen LogP contribution in [-0.4, -0.2) is 13.5 Å². The molecule has 0 heterocycles. The minimum atomic E-state index is -4.04. The zero-order valence-electron chi connectivity index (χ0n) is 11.3. The number of hydrogen-bond acceptors (Lipinski definition) is 3. The highest BCUT2D eigenvalue weighted by Crippen LogP contribution is 2.28. The van der Waals surface area contributed by atoms with Gasteiger partial charge in [-0.3, -0.25) is 4.72 Å². The van der Waals surface area contributed by atoms with Crippen molar-refractivity contribution < 1.29 is 17.9 Å². The van der Waals surface area contributed by atoms with Crippen LogP contribution < -0.4 is 4.72 Å². The summed E-state index contributed by atoms with van der Waals surface area (Å²) in [6, 6.07) is 6.67. The summed E-state index contributed by atoms with van der Waals surface area (Å²) < 4.78 is 41.1. The topological polar surface area (TPSA) is 66.4 Å². The normalized spacial score (nSPS) is 11.4. The van der Waals surface area contributed by atoms with Crippen molar-refractivity contribution in [2.24, 2.45) is 0 Å². The van der Waals surface area contributed by atoms with Crippen LogP contribution in [0.3, 0.4) is 0 Å². The molecule has 0 unspecified atom stereocenters. The Morgan fingerprint density at radius 3 is 2.43 bits per heavy atom. The molecule has 0 aromatic heterocycles. The van der Waals surface area contributed by atoms with Crippen molar-refractivity contribution in [3.05, 3.63) is 51.7 Å². The molecule has 2 rings (SSSR count). The number of aromatic hydroxyl groups is 1. The first-order chi connectivity index (χ1) is 9.70. The van der Waals surface area contributed by atoms with Gasteiger partial charge in [0, 0.05) is 4.47 Å². The highest BCUT2D eigenvalue weighted by Gasteiger charge is 2.20. The second-order valence-corrected chi connectivity index (χ2v) is 7.20. The Bertz CT molecular complexity index is 806. The Labute approximate surface area is 130 Å². The van der Waals surface area contributed by atoms with Gasteiger partial charge >= 0.3 is 0 Å². The van der Waals surface area contributed by atoms with Crippen molar-refractivity contribution >= 4 is 31.6 Å². The van der Waals surface area contributed by atoms with Gasteiger partial charge in [-0.2, -0.15) is 0 Å². The summed E-state index contributed by atoms with van der Waals surface area (Å²) in [6.45, 7) is 3.29. The molecule has 2 N–H and O–H groups in total. The largest absolute Gasteiger partial charge is 0.508 e. The van der Waals surface area contributed by atoms with Crippen LogP contribution in [0.25, 0.3) is 0 Å². The number of phenolic OH excluding ortho intramolecular Hbond substituents is 1. The van der Waals surface area contributed by atoms with Gasteiger partial charge in [-0.1, -0.05) is 15.9 Å². The molecule has 2 aromatic rings. The highest BCUT2D eigenvalue weighted by molar-refractivity contribution is 9.10. The zero-order chi connectivity index (χ0) is 15.8. The van der Waals surface area contributed by atoms with Gasteiger partial charge in [-0.25, -0.2) is 12.8 Å². The minimum Gasteiger partial charge on any atom is -0.508 e. The molecule has 0 atom stereocenters. The van der Waals surface area contributed by atoms with Crippen molar-refractivity contribution in [3.8, 4) is 5.75 Å². The minimum absolute atomic E-state index is 0.0743. The van der Waals surface area contributed by atoms with Crippen molar-refractivity contribution in [1.29, 1.82) is 0 Å². The SMILES string of the molecule is Cc1cc(NS(=O)(=O)c2ccc(Br)cc2F)c(C)cc1O. The lowest BCUT2D eigenvalue weighted by Gasteiger charge is -2.13. The third-order valence-corrected chi connectivity index (χ3v) is 4.86. The molecule has 0 bridgehead atoms. The van der Waals surface area contributed by atoms with E-state index in [-0.39, 0.29) is 5.75 Å². The number of halogens is 2. The number of nitrogens with one attached hydrogen (secondary N) is 1. The predicted molar refractivity (Wildman–Crippen MR) is 82.5 cm³/mol. The molecule has 0 saturated carbocycles. The van der Waals surface area contributed by atoms with Gasteiger partial charge in [-0.15, -0.1) is 0 Å². The van der Waals surface area contributed by atoms with E-state index in [4.69, 9.17) is 0 Å².